The SMILES string of the molecule is Cc1ccc(NC(=S)N2CC[NH+](Cc3ccncc3)CC2)cc1Cl. The van der Waals surface area contributed by atoms with Crippen LogP contribution in [0, 0.1) is 6.92 Å². The summed E-state index contributed by atoms with van der Waals surface area (Å²) in [6.45, 7) is 7.13. The number of rotatable bonds is 3. The number of nitrogens with zero attached hydrogens (tertiary/aromatic N) is 2. The van der Waals surface area contributed by atoms with Crippen LogP contribution in [-0.2, 0) is 6.54 Å². The summed E-state index contributed by atoms with van der Waals surface area (Å²) in [5.74, 6) is 0. The predicted octanol–water partition coefficient (Wildman–Crippen LogP) is 2.14. The Balaban J connectivity index is 1.50. The zero-order valence-corrected chi connectivity index (χ0v) is 15.3. The lowest BCUT2D eigenvalue weighted by atomic mass is 10.2. The van der Waals surface area contributed by atoms with Crippen LogP contribution in [0.4, 0.5) is 5.69 Å². The topological polar surface area (TPSA) is 32.6 Å². The molecule has 1 saturated heterocycles. The number of anilines is 1. The summed E-state index contributed by atoms with van der Waals surface area (Å²) >= 11 is 11.7. The second kappa shape index (κ2) is 7.92. The number of aryl methyl sites for hydroxylation is 1. The van der Waals surface area contributed by atoms with Crippen molar-refractivity contribution in [2.45, 2.75) is 13.5 Å². The van der Waals surface area contributed by atoms with Gasteiger partial charge in [-0.15, -0.1) is 0 Å². The van der Waals surface area contributed by atoms with Gasteiger partial charge in [0.05, 0.1) is 26.2 Å². The predicted molar refractivity (Wildman–Crippen MR) is 103 cm³/mol. The van der Waals surface area contributed by atoms with Gasteiger partial charge in [0, 0.05) is 28.7 Å². The molecule has 2 heterocycles. The number of piperazine rings is 1. The van der Waals surface area contributed by atoms with E-state index in [9.17, 15) is 0 Å². The molecular formula is C18H22ClN4S+. The first kappa shape index (κ1) is 17.1. The third-order valence-corrected chi connectivity index (χ3v) is 5.15. The molecule has 1 aromatic heterocycles. The summed E-state index contributed by atoms with van der Waals surface area (Å²) in [5, 5.41) is 4.83. The van der Waals surface area contributed by atoms with Crippen molar-refractivity contribution >= 4 is 34.6 Å². The van der Waals surface area contributed by atoms with Crippen molar-refractivity contribution in [1.29, 1.82) is 0 Å². The lowest BCUT2D eigenvalue weighted by molar-refractivity contribution is -0.917. The van der Waals surface area contributed by atoms with Crippen LogP contribution in [0.25, 0.3) is 0 Å². The molecule has 0 amide bonds. The van der Waals surface area contributed by atoms with Crippen molar-refractivity contribution in [3.05, 3.63) is 58.9 Å². The Bertz CT molecular complexity index is 699. The average Bonchev–Trinajstić information content (AvgIpc) is 2.60. The molecular weight excluding hydrogens is 340 g/mol. The second-order valence-electron chi connectivity index (χ2n) is 6.16. The number of quaternary nitrogens is 1. The molecule has 0 unspecified atom stereocenters. The van der Waals surface area contributed by atoms with Crippen LogP contribution in [0.2, 0.25) is 5.02 Å². The number of aromatic nitrogens is 1. The van der Waals surface area contributed by atoms with Crippen LogP contribution >= 0.6 is 23.8 Å². The highest BCUT2D eigenvalue weighted by atomic mass is 35.5. The largest absolute Gasteiger partial charge is 0.338 e. The van der Waals surface area contributed by atoms with Crippen molar-refractivity contribution in [1.82, 2.24) is 9.88 Å². The molecule has 0 aliphatic carbocycles. The van der Waals surface area contributed by atoms with Crippen molar-refractivity contribution < 1.29 is 4.90 Å². The van der Waals surface area contributed by atoms with Gasteiger partial charge in [-0.05, 0) is 49.0 Å². The number of halogens is 1. The van der Waals surface area contributed by atoms with E-state index in [0.29, 0.717) is 0 Å². The minimum atomic E-state index is 0.759. The molecule has 1 aromatic carbocycles. The monoisotopic (exact) mass is 361 g/mol. The molecule has 0 bridgehead atoms. The maximum Gasteiger partial charge on any atom is 0.173 e. The summed E-state index contributed by atoms with van der Waals surface area (Å²) in [6.07, 6.45) is 3.72. The molecule has 2 aromatic rings. The van der Waals surface area contributed by atoms with Crippen LogP contribution in [0.1, 0.15) is 11.1 Å². The van der Waals surface area contributed by atoms with Crippen LogP contribution in [-0.4, -0.2) is 41.2 Å². The molecule has 4 nitrogen and oxygen atoms in total. The van der Waals surface area contributed by atoms with E-state index >= 15 is 0 Å². The molecule has 0 radical (unpaired) electrons. The Morgan fingerprint density at radius 2 is 1.96 bits per heavy atom. The molecule has 2 N–H and O–H groups in total. The van der Waals surface area contributed by atoms with Gasteiger partial charge in [-0.2, -0.15) is 0 Å². The standard InChI is InChI=1S/C18H21ClN4S/c1-14-2-3-16(12-17(14)19)21-18(24)23-10-8-22(9-11-23)13-15-4-6-20-7-5-15/h2-7,12H,8-11,13H2,1H3,(H,21,24)/p+1. The van der Waals surface area contributed by atoms with Gasteiger partial charge in [-0.25, -0.2) is 0 Å². The number of benzene rings is 1. The van der Waals surface area contributed by atoms with Gasteiger partial charge in [0.2, 0.25) is 0 Å². The second-order valence-corrected chi connectivity index (χ2v) is 6.96. The van der Waals surface area contributed by atoms with Gasteiger partial charge in [0.15, 0.2) is 5.11 Å². The molecule has 0 spiro atoms. The van der Waals surface area contributed by atoms with Gasteiger partial charge in [0.25, 0.3) is 0 Å². The van der Waals surface area contributed by atoms with Gasteiger partial charge in [-0.1, -0.05) is 17.7 Å². The number of hydrogen-bond donors (Lipinski definition) is 2. The van der Waals surface area contributed by atoms with Gasteiger partial charge in [0.1, 0.15) is 6.54 Å². The van der Waals surface area contributed by atoms with Crippen LogP contribution in [0.3, 0.4) is 0 Å². The first-order valence-electron chi connectivity index (χ1n) is 8.16. The minimum Gasteiger partial charge on any atom is -0.338 e. The number of hydrogen-bond acceptors (Lipinski definition) is 2. The smallest absolute Gasteiger partial charge is 0.173 e. The van der Waals surface area contributed by atoms with Crippen molar-refractivity contribution in [3.8, 4) is 0 Å². The van der Waals surface area contributed by atoms with Gasteiger partial charge in [-0.3, -0.25) is 4.98 Å². The van der Waals surface area contributed by atoms with Crippen molar-refractivity contribution in [3.63, 3.8) is 0 Å². The Morgan fingerprint density at radius 1 is 1.25 bits per heavy atom. The highest BCUT2D eigenvalue weighted by Crippen LogP contribution is 2.20. The maximum atomic E-state index is 6.17. The lowest BCUT2D eigenvalue weighted by Gasteiger charge is -2.34. The Kier molecular flexibility index (Phi) is 5.66. The van der Waals surface area contributed by atoms with Crippen LogP contribution in [0.5, 0.6) is 0 Å². The van der Waals surface area contributed by atoms with E-state index in [2.05, 4.69) is 27.3 Å². The molecule has 0 saturated carbocycles. The minimum absolute atomic E-state index is 0.759. The number of pyridine rings is 1. The molecule has 3 rings (SSSR count). The Hall–Kier alpha value is -1.69. The van der Waals surface area contributed by atoms with E-state index in [1.807, 2.05) is 37.5 Å². The number of nitrogens with one attached hydrogen (secondary N) is 2. The summed E-state index contributed by atoms with van der Waals surface area (Å²) in [6, 6.07) is 10.1. The van der Waals surface area contributed by atoms with Gasteiger partial charge < -0.3 is 15.1 Å². The normalized spacial score (nSPS) is 15.3. The van der Waals surface area contributed by atoms with E-state index in [0.717, 1.165) is 54.1 Å². The highest BCUT2D eigenvalue weighted by Gasteiger charge is 2.21. The summed E-state index contributed by atoms with van der Waals surface area (Å²) < 4.78 is 0. The Morgan fingerprint density at radius 3 is 2.62 bits per heavy atom. The molecule has 24 heavy (non-hydrogen) atoms. The number of thiocarbonyl (C=S) groups is 1. The maximum absolute atomic E-state index is 6.17. The molecule has 6 heteroatoms. The van der Waals surface area contributed by atoms with E-state index < -0.39 is 0 Å². The van der Waals surface area contributed by atoms with E-state index in [1.54, 1.807) is 4.90 Å². The van der Waals surface area contributed by atoms with E-state index in [4.69, 9.17) is 23.8 Å². The average molecular weight is 362 g/mol. The zero-order chi connectivity index (χ0) is 16.9. The van der Waals surface area contributed by atoms with Crippen molar-refractivity contribution in [2.24, 2.45) is 0 Å². The Labute approximate surface area is 153 Å². The fourth-order valence-corrected chi connectivity index (χ4v) is 3.35. The van der Waals surface area contributed by atoms with Crippen molar-refractivity contribution in [2.75, 3.05) is 31.5 Å². The fourth-order valence-electron chi connectivity index (χ4n) is 2.87. The molecule has 1 aliphatic heterocycles. The third-order valence-electron chi connectivity index (χ3n) is 4.38. The summed E-state index contributed by atoms with van der Waals surface area (Å²) in [5.41, 5.74) is 3.35. The summed E-state index contributed by atoms with van der Waals surface area (Å²) in [7, 11) is 0. The van der Waals surface area contributed by atoms with Crippen LogP contribution < -0.4 is 10.2 Å². The molecule has 126 valence electrons. The van der Waals surface area contributed by atoms with E-state index in [1.165, 1.54) is 5.56 Å². The van der Waals surface area contributed by atoms with E-state index in [-0.39, 0.29) is 0 Å². The third kappa shape index (κ3) is 4.44. The zero-order valence-electron chi connectivity index (χ0n) is 13.8. The quantitative estimate of drug-likeness (QED) is 0.820. The van der Waals surface area contributed by atoms with Gasteiger partial charge >= 0.3 is 0 Å². The lowest BCUT2D eigenvalue weighted by Crippen LogP contribution is -3.13. The first-order valence-corrected chi connectivity index (χ1v) is 8.95. The molecule has 1 aliphatic rings. The fraction of sp³-hybridized carbons (Fsp3) is 0.333. The van der Waals surface area contributed by atoms with Crippen LogP contribution in [0.15, 0.2) is 42.7 Å². The first-order chi connectivity index (χ1) is 11.6. The molecule has 1 fully saturated rings. The molecule has 0 atom stereocenters. The highest BCUT2D eigenvalue weighted by molar-refractivity contribution is 7.80. The summed E-state index contributed by atoms with van der Waals surface area (Å²) in [4.78, 5) is 7.89.